The molecule has 0 radical (unpaired) electrons. The van der Waals surface area contributed by atoms with Gasteiger partial charge in [0.2, 0.25) is 0 Å². The molecular formula is C14H14ClNO2S. The predicted molar refractivity (Wildman–Crippen MR) is 78.3 cm³/mol. The van der Waals surface area contributed by atoms with Crippen molar-refractivity contribution in [3.8, 4) is 0 Å². The summed E-state index contributed by atoms with van der Waals surface area (Å²) in [5.41, 5.74) is 1.99. The van der Waals surface area contributed by atoms with E-state index >= 15 is 0 Å². The molecule has 2 aromatic carbocycles. The van der Waals surface area contributed by atoms with Crippen LogP contribution in [0.4, 0.5) is 5.69 Å². The van der Waals surface area contributed by atoms with Gasteiger partial charge < -0.3 is 5.32 Å². The molecule has 0 bridgehead atoms. The summed E-state index contributed by atoms with van der Waals surface area (Å²) in [6.45, 7) is 0.662. The molecule has 100 valence electrons. The number of hydrogen-bond acceptors (Lipinski definition) is 3. The molecule has 1 N–H and O–H groups in total. The largest absolute Gasteiger partial charge is 0.381 e. The Morgan fingerprint density at radius 2 is 1.58 bits per heavy atom. The van der Waals surface area contributed by atoms with Crippen LogP contribution in [0.5, 0.6) is 0 Å². The minimum Gasteiger partial charge on any atom is -0.381 e. The van der Waals surface area contributed by atoms with E-state index in [9.17, 15) is 8.42 Å². The summed E-state index contributed by atoms with van der Waals surface area (Å²) in [7, 11) is -3.13. The maximum atomic E-state index is 11.3. The van der Waals surface area contributed by atoms with Gasteiger partial charge in [-0.2, -0.15) is 0 Å². The molecule has 2 aromatic rings. The molecule has 0 heterocycles. The first-order valence-electron chi connectivity index (χ1n) is 5.73. The molecular weight excluding hydrogens is 282 g/mol. The predicted octanol–water partition coefficient (Wildman–Crippen LogP) is 3.36. The van der Waals surface area contributed by atoms with Crippen molar-refractivity contribution < 1.29 is 8.42 Å². The Kier molecular flexibility index (Phi) is 4.12. The molecule has 2 rings (SSSR count). The first-order chi connectivity index (χ1) is 8.95. The van der Waals surface area contributed by atoms with Crippen LogP contribution in [0.2, 0.25) is 5.02 Å². The summed E-state index contributed by atoms with van der Waals surface area (Å²) in [5, 5.41) is 3.93. The van der Waals surface area contributed by atoms with Gasteiger partial charge in [-0.25, -0.2) is 8.42 Å². The third kappa shape index (κ3) is 3.98. The van der Waals surface area contributed by atoms with Crippen molar-refractivity contribution in [3.63, 3.8) is 0 Å². The first-order valence-corrected chi connectivity index (χ1v) is 8.00. The lowest BCUT2D eigenvalue weighted by Crippen LogP contribution is -2.00. The number of hydrogen-bond donors (Lipinski definition) is 1. The highest BCUT2D eigenvalue weighted by molar-refractivity contribution is 7.90. The summed E-state index contributed by atoms with van der Waals surface area (Å²) in [5.74, 6) is 0. The normalized spacial score (nSPS) is 11.3. The van der Waals surface area contributed by atoms with Crippen molar-refractivity contribution >= 4 is 27.1 Å². The van der Waals surface area contributed by atoms with Crippen LogP contribution in [-0.2, 0) is 16.4 Å². The van der Waals surface area contributed by atoms with Crippen LogP contribution in [0.25, 0.3) is 0 Å². The molecule has 0 atom stereocenters. The number of sulfone groups is 1. The highest BCUT2D eigenvalue weighted by Gasteiger charge is 2.05. The second kappa shape index (κ2) is 5.63. The fraction of sp³-hybridized carbons (Fsp3) is 0.143. The standard InChI is InChI=1S/C14H14ClNO2S/c1-19(17,18)14-8-6-13(7-9-14)16-10-11-2-4-12(15)5-3-11/h2-9,16H,10H2,1H3. The van der Waals surface area contributed by atoms with E-state index in [1.54, 1.807) is 24.3 Å². The van der Waals surface area contributed by atoms with Gasteiger partial charge in [0.15, 0.2) is 9.84 Å². The van der Waals surface area contributed by atoms with Crippen molar-refractivity contribution in [3.05, 3.63) is 59.1 Å². The van der Waals surface area contributed by atoms with Crippen molar-refractivity contribution in [1.82, 2.24) is 0 Å². The lowest BCUT2D eigenvalue weighted by Gasteiger charge is -2.07. The summed E-state index contributed by atoms with van der Waals surface area (Å²) in [6.07, 6.45) is 1.20. The van der Waals surface area contributed by atoms with E-state index < -0.39 is 9.84 Å². The van der Waals surface area contributed by atoms with Crippen LogP contribution in [0, 0.1) is 0 Å². The first kappa shape index (κ1) is 13.9. The van der Waals surface area contributed by atoms with Crippen LogP contribution in [-0.4, -0.2) is 14.7 Å². The number of halogens is 1. The van der Waals surface area contributed by atoms with E-state index in [0.717, 1.165) is 11.3 Å². The number of nitrogens with one attached hydrogen (secondary N) is 1. The van der Waals surface area contributed by atoms with Gasteiger partial charge in [-0.15, -0.1) is 0 Å². The zero-order valence-electron chi connectivity index (χ0n) is 10.4. The van der Waals surface area contributed by atoms with Crippen molar-refractivity contribution in [2.75, 3.05) is 11.6 Å². The van der Waals surface area contributed by atoms with E-state index in [-0.39, 0.29) is 0 Å². The van der Waals surface area contributed by atoms with Crippen LogP contribution >= 0.6 is 11.6 Å². The molecule has 0 aliphatic heterocycles. The molecule has 0 spiro atoms. The fourth-order valence-corrected chi connectivity index (χ4v) is 2.38. The minimum absolute atomic E-state index is 0.324. The Hall–Kier alpha value is -1.52. The van der Waals surface area contributed by atoms with E-state index in [1.165, 1.54) is 6.26 Å². The Bertz CT molecular complexity index is 649. The van der Waals surface area contributed by atoms with E-state index in [0.29, 0.717) is 16.5 Å². The Morgan fingerprint density at radius 1 is 1.00 bits per heavy atom. The molecule has 0 aromatic heterocycles. The molecule has 19 heavy (non-hydrogen) atoms. The molecule has 0 saturated carbocycles. The van der Waals surface area contributed by atoms with Crippen molar-refractivity contribution in [1.29, 1.82) is 0 Å². The molecule has 0 unspecified atom stereocenters. The summed E-state index contributed by atoms with van der Waals surface area (Å²) < 4.78 is 22.6. The molecule has 0 saturated heterocycles. The molecule has 0 amide bonds. The lowest BCUT2D eigenvalue weighted by atomic mass is 10.2. The van der Waals surface area contributed by atoms with Gasteiger partial charge in [0.1, 0.15) is 0 Å². The Balaban J connectivity index is 2.02. The van der Waals surface area contributed by atoms with Gasteiger partial charge in [-0.3, -0.25) is 0 Å². The highest BCUT2D eigenvalue weighted by Crippen LogP contribution is 2.15. The van der Waals surface area contributed by atoms with Crippen molar-refractivity contribution in [2.45, 2.75) is 11.4 Å². The zero-order chi connectivity index (χ0) is 13.9. The Morgan fingerprint density at radius 3 is 2.11 bits per heavy atom. The van der Waals surface area contributed by atoms with Crippen LogP contribution in [0.1, 0.15) is 5.56 Å². The number of rotatable bonds is 4. The van der Waals surface area contributed by atoms with Gasteiger partial charge >= 0.3 is 0 Å². The maximum absolute atomic E-state index is 11.3. The van der Waals surface area contributed by atoms with Gasteiger partial charge in [-0.05, 0) is 42.0 Å². The van der Waals surface area contributed by atoms with Crippen molar-refractivity contribution in [2.24, 2.45) is 0 Å². The fourth-order valence-electron chi connectivity index (χ4n) is 1.63. The lowest BCUT2D eigenvalue weighted by molar-refractivity contribution is 0.602. The third-order valence-electron chi connectivity index (χ3n) is 2.69. The van der Waals surface area contributed by atoms with Gasteiger partial charge in [0.25, 0.3) is 0 Å². The van der Waals surface area contributed by atoms with Gasteiger partial charge in [-0.1, -0.05) is 23.7 Å². The molecule has 0 aliphatic rings. The smallest absolute Gasteiger partial charge is 0.175 e. The molecule has 5 heteroatoms. The van der Waals surface area contributed by atoms with Crippen LogP contribution in [0.15, 0.2) is 53.4 Å². The number of benzene rings is 2. The minimum atomic E-state index is -3.13. The number of anilines is 1. The third-order valence-corrected chi connectivity index (χ3v) is 4.07. The molecule has 3 nitrogen and oxygen atoms in total. The second-order valence-corrected chi connectivity index (χ2v) is 6.73. The van der Waals surface area contributed by atoms with E-state index in [1.807, 2.05) is 24.3 Å². The average Bonchev–Trinajstić information content (AvgIpc) is 2.37. The van der Waals surface area contributed by atoms with Crippen LogP contribution < -0.4 is 5.32 Å². The highest BCUT2D eigenvalue weighted by atomic mass is 35.5. The van der Waals surface area contributed by atoms with Gasteiger partial charge in [0, 0.05) is 23.5 Å². The van der Waals surface area contributed by atoms with Crippen LogP contribution in [0.3, 0.4) is 0 Å². The molecule has 0 fully saturated rings. The monoisotopic (exact) mass is 295 g/mol. The average molecular weight is 296 g/mol. The summed E-state index contributed by atoms with van der Waals surface area (Å²) in [6, 6.07) is 14.3. The summed E-state index contributed by atoms with van der Waals surface area (Å²) in [4.78, 5) is 0.324. The Labute approximate surface area is 118 Å². The van der Waals surface area contributed by atoms with Gasteiger partial charge in [0.05, 0.1) is 4.90 Å². The van der Waals surface area contributed by atoms with E-state index in [4.69, 9.17) is 11.6 Å². The molecule has 0 aliphatic carbocycles. The second-order valence-electron chi connectivity index (χ2n) is 4.28. The summed E-state index contributed by atoms with van der Waals surface area (Å²) >= 11 is 5.81. The maximum Gasteiger partial charge on any atom is 0.175 e. The SMILES string of the molecule is CS(=O)(=O)c1ccc(NCc2ccc(Cl)cc2)cc1. The zero-order valence-corrected chi connectivity index (χ0v) is 12.0. The topological polar surface area (TPSA) is 46.2 Å². The van der Waals surface area contributed by atoms with E-state index in [2.05, 4.69) is 5.32 Å². The quantitative estimate of drug-likeness (QED) is 0.941.